The van der Waals surface area contributed by atoms with Gasteiger partial charge in [0.15, 0.2) is 0 Å². The zero-order chi connectivity index (χ0) is 28.5. The number of rotatable bonds is 12. The molecular weight excluding hydrogens is 498 g/mol. The van der Waals surface area contributed by atoms with Gasteiger partial charge in [-0.2, -0.15) is 0 Å². The molecule has 1 heterocycles. The maximum Gasteiger partial charge on any atom is 0.271 e. The van der Waals surface area contributed by atoms with Gasteiger partial charge < -0.3 is 25.0 Å². The summed E-state index contributed by atoms with van der Waals surface area (Å²) in [5.74, 6) is -0.276. The van der Waals surface area contributed by atoms with Gasteiger partial charge in [-0.25, -0.2) is 0 Å². The molecule has 1 saturated carbocycles. The lowest BCUT2D eigenvalue weighted by atomic mass is 9.94. The van der Waals surface area contributed by atoms with Gasteiger partial charge in [-0.05, 0) is 61.3 Å². The van der Waals surface area contributed by atoms with Crippen molar-refractivity contribution in [2.75, 3.05) is 45.2 Å². The summed E-state index contributed by atoms with van der Waals surface area (Å²) in [7, 11) is 4.00. The lowest BCUT2D eigenvalue weighted by Gasteiger charge is -2.34. The molecule has 1 atom stereocenters. The summed E-state index contributed by atoms with van der Waals surface area (Å²) in [6.07, 6.45) is 5.45. The molecule has 2 amide bonds. The van der Waals surface area contributed by atoms with E-state index in [2.05, 4.69) is 29.0 Å². The third kappa shape index (κ3) is 7.33. The van der Waals surface area contributed by atoms with Crippen LogP contribution in [0, 0.1) is 0 Å². The Morgan fingerprint density at radius 1 is 0.875 bits per heavy atom. The molecule has 7 nitrogen and oxygen atoms in total. The molecule has 214 valence electrons. The number of benzene rings is 2. The first-order valence-corrected chi connectivity index (χ1v) is 14.8. The predicted octanol–water partition coefficient (Wildman–Crippen LogP) is 5.72. The van der Waals surface area contributed by atoms with E-state index in [9.17, 15) is 9.59 Å². The molecule has 1 aromatic heterocycles. The molecule has 7 heteroatoms. The van der Waals surface area contributed by atoms with E-state index in [4.69, 9.17) is 0 Å². The van der Waals surface area contributed by atoms with Crippen molar-refractivity contribution in [2.24, 2.45) is 0 Å². The van der Waals surface area contributed by atoms with E-state index in [1.165, 1.54) is 6.42 Å². The van der Waals surface area contributed by atoms with Crippen LogP contribution in [-0.2, 0) is 4.79 Å². The number of likely N-dealkylation sites (N-methyl/N-ethyl adjacent to an activating group) is 1. The fraction of sp³-hybridized carbons (Fsp3) is 0.455. The first kappa shape index (κ1) is 29.4. The number of nitrogens with one attached hydrogen (secondary N) is 2. The number of carbonyl (C=O) groups excluding carboxylic acids is 2. The van der Waals surface area contributed by atoms with Crippen LogP contribution in [0.2, 0.25) is 0 Å². The highest BCUT2D eigenvalue weighted by Crippen LogP contribution is 2.28. The van der Waals surface area contributed by atoms with Crippen LogP contribution in [0.5, 0.6) is 0 Å². The fourth-order valence-corrected chi connectivity index (χ4v) is 5.55. The lowest BCUT2D eigenvalue weighted by Crippen LogP contribution is -2.49. The van der Waals surface area contributed by atoms with E-state index in [1.807, 2.05) is 85.7 Å². The smallest absolute Gasteiger partial charge is 0.271 e. The van der Waals surface area contributed by atoms with Crippen LogP contribution in [-0.4, -0.2) is 72.9 Å². The number of anilines is 1. The lowest BCUT2D eigenvalue weighted by molar-refractivity contribution is -0.127. The van der Waals surface area contributed by atoms with Crippen molar-refractivity contribution < 1.29 is 9.59 Å². The molecule has 0 spiro atoms. The maximum atomic E-state index is 14.3. The molecule has 3 aromatic rings. The third-order valence-electron chi connectivity index (χ3n) is 8.05. The summed E-state index contributed by atoms with van der Waals surface area (Å²) in [6, 6.07) is 21.2. The molecule has 1 aliphatic rings. The van der Waals surface area contributed by atoms with Gasteiger partial charge >= 0.3 is 0 Å². The Labute approximate surface area is 239 Å². The van der Waals surface area contributed by atoms with Crippen molar-refractivity contribution in [3.8, 4) is 11.3 Å². The van der Waals surface area contributed by atoms with Crippen molar-refractivity contribution >= 4 is 17.5 Å². The average Bonchev–Trinajstić information content (AvgIpc) is 3.48. The van der Waals surface area contributed by atoms with Gasteiger partial charge in [0.2, 0.25) is 5.91 Å². The van der Waals surface area contributed by atoms with Crippen LogP contribution in [0.3, 0.4) is 0 Å². The van der Waals surface area contributed by atoms with Crippen molar-refractivity contribution in [3.05, 3.63) is 78.0 Å². The monoisotopic (exact) mass is 543 g/mol. The minimum absolute atomic E-state index is 0.104. The van der Waals surface area contributed by atoms with Crippen LogP contribution in [0.1, 0.15) is 68.0 Å². The molecule has 0 aliphatic heterocycles. The normalized spacial score (nSPS) is 14.6. The Balaban J connectivity index is 1.70. The Morgan fingerprint density at radius 2 is 1.55 bits per heavy atom. The molecule has 1 aliphatic carbocycles. The summed E-state index contributed by atoms with van der Waals surface area (Å²) in [5.41, 5.74) is 4.25. The molecule has 1 fully saturated rings. The molecule has 40 heavy (non-hydrogen) atoms. The van der Waals surface area contributed by atoms with Crippen LogP contribution in [0.4, 0.5) is 5.69 Å². The number of hydrogen-bond donors (Lipinski definition) is 2. The van der Waals surface area contributed by atoms with Gasteiger partial charge in [-0.15, -0.1) is 0 Å². The predicted molar refractivity (Wildman–Crippen MR) is 164 cm³/mol. The van der Waals surface area contributed by atoms with E-state index < -0.39 is 6.04 Å². The first-order chi connectivity index (χ1) is 19.4. The summed E-state index contributed by atoms with van der Waals surface area (Å²) in [6.45, 7) is 7.15. The Bertz CT molecular complexity index is 1210. The number of aromatic amines is 1. The molecule has 2 N–H and O–H groups in total. The van der Waals surface area contributed by atoms with E-state index in [-0.39, 0.29) is 17.9 Å². The minimum atomic E-state index is -0.732. The van der Waals surface area contributed by atoms with Crippen LogP contribution in [0.25, 0.3) is 11.3 Å². The van der Waals surface area contributed by atoms with Gasteiger partial charge in [0.25, 0.3) is 5.91 Å². The van der Waals surface area contributed by atoms with E-state index in [0.29, 0.717) is 18.8 Å². The van der Waals surface area contributed by atoms with Crippen LogP contribution in [0.15, 0.2) is 66.7 Å². The van der Waals surface area contributed by atoms with Crippen molar-refractivity contribution in [1.29, 1.82) is 0 Å². The second-order valence-corrected chi connectivity index (χ2v) is 10.9. The number of carbonyl (C=O) groups is 2. The Morgan fingerprint density at radius 3 is 2.17 bits per heavy atom. The summed E-state index contributed by atoms with van der Waals surface area (Å²) >= 11 is 0. The Hall–Kier alpha value is -3.58. The van der Waals surface area contributed by atoms with Crippen molar-refractivity contribution in [2.45, 2.75) is 58.0 Å². The fourth-order valence-electron chi connectivity index (χ4n) is 5.55. The van der Waals surface area contributed by atoms with Crippen molar-refractivity contribution in [1.82, 2.24) is 20.1 Å². The Kier molecular flexibility index (Phi) is 10.4. The topological polar surface area (TPSA) is 71.7 Å². The quantitative estimate of drug-likeness (QED) is 0.306. The zero-order valence-electron chi connectivity index (χ0n) is 24.5. The number of aromatic nitrogens is 1. The van der Waals surface area contributed by atoms with Gasteiger partial charge in [-0.3, -0.25) is 9.59 Å². The first-order valence-electron chi connectivity index (χ1n) is 14.8. The maximum absolute atomic E-state index is 14.3. The highest BCUT2D eigenvalue weighted by atomic mass is 16.2. The standard InChI is InChI=1S/C33H45N5O2/c1-5-37(6-2)23-24-38(33(40)30-22-21-29(35-30)25-13-9-7-10-14-25)31(26-17-19-28(20-18-26)36(3)4)32(39)34-27-15-11-8-12-16-27/h7,9-10,13-14,17-22,27,31,35H,5-6,8,11-12,15-16,23-24H2,1-4H3,(H,34,39). The number of amides is 2. The molecule has 1 unspecified atom stereocenters. The van der Waals surface area contributed by atoms with E-state index in [1.54, 1.807) is 4.90 Å². The molecule has 2 aromatic carbocycles. The van der Waals surface area contributed by atoms with Gasteiger partial charge in [0.05, 0.1) is 0 Å². The van der Waals surface area contributed by atoms with Crippen LogP contribution < -0.4 is 10.2 Å². The minimum Gasteiger partial charge on any atom is -0.378 e. The number of hydrogen-bond acceptors (Lipinski definition) is 4. The number of H-pyrrole nitrogens is 1. The molecular formula is C33H45N5O2. The van der Waals surface area contributed by atoms with Gasteiger partial charge in [0, 0.05) is 44.6 Å². The van der Waals surface area contributed by atoms with Gasteiger partial charge in [-0.1, -0.05) is 75.6 Å². The second-order valence-electron chi connectivity index (χ2n) is 10.9. The molecule has 0 saturated heterocycles. The summed E-state index contributed by atoms with van der Waals surface area (Å²) in [5, 5.41) is 3.32. The SMILES string of the molecule is CCN(CC)CCN(C(=O)c1ccc(-c2ccccc2)[nH]1)C(C(=O)NC1CCCCC1)c1ccc(N(C)C)cc1. The number of nitrogens with zero attached hydrogens (tertiary/aromatic N) is 3. The summed E-state index contributed by atoms with van der Waals surface area (Å²) in [4.78, 5) is 37.8. The third-order valence-corrected chi connectivity index (χ3v) is 8.05. The van der Waals surface area contributed by atoms with Gasteiger partial charge in [0.1, 0.15) is 11.7 Å². The highest BCUT2D eigenvalue weighted by Gasteiger charge is 2.34. The highest BCUT2D eigenvalue weighted by molar-refractivity contribution is 5.97. The van der Waals surface area contributed by atoms with Crippen LogP contribution >= 0.6 is 0 Å². The average molecular weight is 544 g/mol. The van der Waals surface area contributed by atoms with Crippen molar-refractivity contribution in [3.63, 3.8) is 0 Å². The zero-order valence-corrected chi connectivity index (χ0v) is 24.5. The largest absolute Gasteiger partial charge is 0.378 e. The van der Waals surface area contributed by atoms with E-state index in [0.717, 1.165) is 61.3 Å². The molecule has 0 radical (unpaired) electrons. The summed E-state index contributed by atoms with van der Waals surface area (Å²) < 4.78 is 0. The van der Waals surface area contributed by atoms with E-state index >= 15 is 0 Å². The molecule has 0 bridgehead atoms. The molecule has 4 rings (SSSR count). The second kappa shape index (κ2) is 14.2.